The minimum Gasteiger partial charge on any atom is -0.353 e. The van der Waals surface area contributed by atoms with E-state index in [1.54, 1.807) is 17.0 Å². The number of aryl methyl sites for hydroxylation is 2. The molecule has 1 N–H and O–H groups in total. The number of benzene rings is 2. The number of halogens is 1. The Hall–Kier alpha value is -3.48. The summed E-state index contributed by atoms with van der Waals surface area (Å²) >= 11 is 0. The Bertz CT molecular complexity index is 1050. The Morgan fingerprint density at radius 2 is 1.70 bits per heavy atom. The maximum absolute atomic E-state index is 13.4. The number of hydrogen-bond acceptors (Lipinski definition) is 5. The fraction of sp³-hybridized carbons (Fsp3) is 0.261. The van der Waals surface area contributed by atoms with Crippen molar-refractivity contribution in [3.8, 4) is 0 Å². The number of rotatable bonds is 4. The summed E-state index contributed by atoms with van der Waals surface area (Å²) in [7, 11) is 0. The van der Waals surface area contributed by atoms with Crippen molar-refractivity contribution in [2.45, 2.75) is 13.8 Å². The van der Waals surface area contributed by atoms with E-state index in [1.807, 2.05) is 37.3 Å². The topological polar surface area (TPSA) is 61.4 Å². The van der Waals surface area contributed by atoms with Crippen LogP contribution in [0.15, 0.2) is 54.6 Å². The standard InChI is InChI=1S/C23H24FN5O/c1-16-6-8-20(9-7-16)27-21-15-22(26-17(2)25-21)28-10-12-29(13-11-28)23(30)18-4-3-5-19(24)14-18/h3-9,14-15H,10-13H2,1-2H3,(H,25,26,27). The van der Waals surface area contributed by atoms with Gasteiger partial charge in [0.05, 0.1) is 0 Å². The van der Waals surface area contributed by atoms with Crippen LogP contribution in [0.3, 0.4) is 0 Å². The van der Waals surface area contributed by atoms with Gasteiger partial charge in [-0.1, -0.05) is 23.8 Å². The summed E-state index contributed by atoms with van der Waals surface area (Å²) in [5, 5.41) is 3.33. The Morgan fingerprint density at radius 3 is 2.40 bits per heavy atom. The zero-order chi connectivity index (χ0) is 21.1. The first-order valence-corrected chi connectivity index (χ1v) is 9.97. The molecule has 0 spiro atoms. The molecule has 0 bridgehead atoms. The quantitative estimate of drug-likeness (QED) is 0.713. The van der Waals surface area contributed by atoms with Gasteiger partial charge < -0.3 is 15.1 Å². The highest BCUT2D eigenvalue weighted by molar-refractivity contribution is 5.94. The summed E-state index contributed by atoms with van der Waals surface area (Å²) in [6.45, 7) is 6.34. The van der Waals surface area contributed by atoms with Gasteiger partial charge in [0.15, 0.2) is 0 Å². The number of hydrogen-bond donors (Lipinski definition) is 1. The second-order valence-electron chi connectivity index (χ2n) is 7.44. The summed E-state index contributed by atoms with van der Waals surface area (Å²) in [5.41, 5.74) is 2.55. The molecule has 2 aromatic carbocycles. The van der Waals surface area contributed by atoms with Crippen molar-refractivity contribution in [3.05, 3.63) is 77.4 Å². The van der Waals surface area contributed by atoms with Crippen molar-refractivity contribution in [2.24, 2.45) is 0 Å². The minimum absolute atomic E-state index is 0.144. The first-order valence-electron chi connectivity index (χ1n) is 9.97. The molecule has 0 radical (unpaired) electrons. The maximum atomic E-state index is 13.4. The van der Waals surface area contributed by atoms with Crippen LogP contribution in [0.1, 0.15) is 21.7 Å². The van der Waals surface area contributed by atoms with E-state index in [9.17, 15) is 9.18 Å². The van der Waals surface area contributed by atoms with Crippen molar-refractivity contribution in [1.29, 1.82) is 0 Å². The van der Waals surface area contributed by atoms with Crippen LogP contribution in [0.25, 0.3) is 0 Å². The summed E-state index contributed by atoms with van der Waals surface area (Å²) < 4.78 is 13.4. The molecule has 0 saturated carbocycles. The van der Waals surface area contributed by atoms with E-state index in [0.29, 0.717) is 37.6 Å². The molecule has 2 heterocycles. The Balaban J connectivity index is 1.43. The third-order valence-corrected chi connectivity index (χ3v) is 5.11. The first-order chi connectivity index (χ1) is 14.5. The number of nitrogens with zero attached hydrogens (tertiary/aromatic N) is 4. The van der Waals surface area contributed by atoms with Gasteiger partial charge >= 0.3 is 0 Å². The molecule has 1 aromatic heterocycles. The lowest BCUT2D eigenvalue weighted by Crippen LogP contribution is -2.49. The lowest BCUT2D eigenvalue weighted by atomic mass is 10.1. The van der Waals surface area contributed by atoms with Crippen molar-refractivity contribution in [1.82, 2.24) is 14.9 Å². The second kappa shape index (κ2) is 8.49. The highest BCUT2D eigenvalue weighted by Gasteiger charge is 2.23. The molecule has 7 heteroatoms. The predicted octanol–water partition coefficient (Wildman–Crippen LogP) is 3.94. The molecule has 3 aromatic rings. The zero-order valence-electron chi connectivity index (χ0n) is 17.1. The molecule has 1 aliphatic rings. The average Bonchev–Trinajstić information content (AvgIpc) is 2.74. The van der Waals surface area contributed by atoms with Gasteiger partial charge in [-0.05, 0) is 44.2 Å². The van der Waals surface area contributed by atoms with Gasteiger partial charge in [-0.25, -0.2) is 14.4 Å². The average molecular weight is 405 g/mol. The van der Waals surface area contributed by atoms with Gasteiger partial charge in [0.1, 0.15) is 23.3 Å². The molecule has 0 unspecified atom stereocenters. The van der Waals surface area contributed by atoms with E-state index in [2.05, 4.69) is 27.1 Å². The fourth-order valence-electron chi connectivity index (χ4n) is 3.51. The molecule has 0 atom stereocenters. The molecule has 30 heavy (non-hydrogen) atoms. The zero-order valence-corrected chi connectivity index (χ0v) is 17.1. The summed E-state index contributed by atoms with van der Waals surface area (Å²) in [6, 6.07) is 15.9. The molecule has 0 aliphatic carbocycles. The smallest absolute Gasteiger partial charge is 0.254 e. The second-order valence-corrected chi connectivity index (χ2v) is 7.44. The maximum Gasteiger partial charge on any atom is 0.254 e. The van der Waals surface area contributed by atoms with Gasteiger partial charge in [0, 0.05) is 43.5 Å². The molecule has 4 rings (SSSR count). The highest BCUT2D eigenvalue weighted by Crippen LogP contribution is 2.22. The van der Waals surface area contributed by atoms with Crippen molar-refractivity contribution < 1.29 is 9.18 Å². The van der Waals surface area contributed by atoms with Crippen LogP contribution in [0.4, 0.5) is 21.7 Å². The minimum atomic E-state index is -0.399. The molecular formula is C23H24FN5O. The third-order valence-electron chi connectivity index (χ3n) is 5.11. The number of anilines is 3. The van der Waals surface area contributed by atoms with Gasteiger partial charge in [0.2, 0.25) is 0 Å². The van der Waals surface area contributed by atoms with Gasteiger partial charge in [-0.15, -0.1) is 0 Å². The summed E-state index contributed by atoms with van der Waals surface area (Å²) in [5.74, 6) is 1.70. The number of aromatic nitrogens is 2. The van der Waals surface area contributed by atoms with E-state index < -0.39 is 5.82 Å². The molecule has 154 valence electrons. The third kappa shape index (κ3) is 4.56. The van der Waals surface area contributed by atoms with E-state index in [0.717, 1.165) is 17.3 Å². The SMILES string of the molecule is Cc1ccc(Nc2cc(N3CCN(C(=O)c4cccc(F)c4)CC3)nc(C)n2)cc1. The fourth-order valence-corrected chi connectivity index (χ4v) is 3.51. The molecule has 1 saturated heterocycles. The molecule has 1 amide bonds. The first kappa shape index (κ1) is 19.8. The Kier molecular flexibility index (Phi) is 5.61. The molecule has 6 nitrogen and oxygen atoms in total. The van der Waals surface area contributed by atoms with Crippen molar-refractivity contribution in [2.75, 3.05) is 36.4 Å². The predicted molar refractivity (Wildman–Crippen MR) is 116 cm³/mol. The summed E-state index contributed by atoms with van der Waals surface area (Å²) in [6.07, 6.45) is 0. The van der Waals surface area contributed by atoms with Gasteiger partial charge in [-0.3, -0.25) is 4.79 Å². The molecular weight excluding hydrogens is 381 g/mol. The number of carbonyl (C=O) groups excluding carboxylic acids is 1. The normalized spacial score (nSPS) is 14.0. The van der Waals surface area contributed by atoms with Crippen LogP contribution in [-0.2, 0) is 0 Å². The number of carbonyl (C=O) groups is 1. The highest BCUT2D eigenvalue weighted by atomic mass is 19.1. The van der Waals surface area contributed by atoms with Crippen LogP contribution in [-0.4, -0.2) is 47.0 Å². The van der Waals surface area contributed by atoms with E-state index in [1.165, 1.54) is 17.7 Å². The van der Waals surface area contributed by atoms with Crippen LogP contribution >= 0.6 is 0 Å². The van der Waals surface area contributed by atoms with Crippen LogP contribution in [0, 0.1) is 19.7 Å². The van der Waals surface area contributed by atoms with E-state index in [-0.39, 0.29) is 5.91 Å². The van der Waals surface area contributed by atoms with Crippen LogP contribution in [0.5, 0.6) is 0 Å². The number of amides is 1. The lowest BCUT2D eigenvalue weighted by molar-refractivity contribution is 0.0746. The lowest BCUT2D eigenvalue weighted by Gasteiger charge is -2.35. The monoisotopic (exact) mass is 405 g/mol. The van der Waals surface area contributed by atoms with Gasteiger partial charge in [-0.2, -0.15) is 0 Å². The van der Waals surface area contributed by atoms with Crippen LogP contribution in [0.2, 0.25) is 0 Å². The number of nitrogens with one attached hydrogen (secondary N) is 1. The molecule has 1 aliphatic heterocycles. The molecule has 1 fully saturated rings. The van der Waals surface area contributed by atoms with Crippen molar-refractivity contribution >= 4 is 23.2 Å². The largest absolute Gasteiger partial charge is 0.353 e. The number of piperazine rings is 1. The van der Waals surface area contributed by atoms with Gasteiger partial charge in [0.25, 0.3) is 5.91 Å². The summed E-state index contributed by atoms with van der Waals surface area (Å²) in [4.78, 5) is 25.6. The van der Waals surface area contributed by atoms with Crippen molar-refractivity contribution in [3.63, 3.8) is 0 Å². The Morgan fingerprint density at radius 1 is 0.967 bits per heavy atom. The van der Waals surface area contributed by atoms with E-state index in [4.69, 9.17) is 0 Å². The van der Waals surface area contributed by atoms with E-state index >= 15 is 0 Å². The Labute approximate surface area is 175 Å². The van der Waals surface area contributed by atoms with Crippen LogP contribution < -0.4 is 10.2 Å².